The second-order valence-electron chi connectivity index (χ2n) is 4.96. The molecule has 2 rings (SSSR count). The molecule has 0 amide bonds. The molecular formula is C15H19Cl2N. The molecule has 0 atom stereocenters. The maximum atomic E-state index is 6.18. The first-order valence-corrected chi connectivity index (χ1v) is 7.24. The van der Waals surface area contributed by atoms with Gasteiger partial charge in [-0.05, 0) is 50.8 Å². The van der Waals surface area contributed by atoms with Gasteiger partial charge in [0.1, 0.15) is 0 Å². The molecule has 1 aromatic rings. The van der Waals surface area contributed by atoms with E-state index in [4.69, 9.17) is 23.2 Å². The molecule has 18 heavy (non-hydrogen) atoms. The first-order valence-electron chi connectivity index (χ1n) is 6.48. The highest BCUT2D eigenvalue weighted by molar-refractivity contribution is 6.42. The van der Waals surface area contributed by atoms with Crippen LogP contribution in [-0.4, -0.2) is 12.6 Å². The summed E-state index contributed by atoms with van der Waals surface area (Å²) in [5.74, 6) is 0. The van der Waals surface area contributed by atoms with Gasteiger partial charge in [-0.3, -0.25) is 0 Å². The average Bonchev–Trinajstić information content (AvgIpc) is 3.15. The zero-order chi connectivity index (χ0) is 13.0. The summed E-state index contributed by atoms with van der Waals surface area (Å²) in [5.41, 5.74) is 2.45. The van der Waals surface area contributed by atoms with Gasteiger partial charge in [0, 0.05) is 6.04 Å². The molecule has 0 aromatic heterocycles. The summed E-state index contributed by atoms with van der Waals surface area (Å²) >= 11 is 12.2. The van der Waals surface area contributed by atoms with Crippen molar-refractivity contribution in [2.75, 3.05) is 6.54 Å². The largest absolute Gasteiger partial charge is 0.314 e. The molecule has 1 aliphatic carbocycles. The van der Waals surface area contributed by atoms with Crippen molar-refractivity contribution in [3.05, 3.63) is 45.5 Å². The molecule has 1 N–H and O–H groups in total. The molecule has 0 spiro atoms. The molecule has 0 radical (unpaired) electrons. The minimum Gasteiger partial charge on any atom is -0.314 e. The van der Waals surface area contributed by atoms with Gasteiger partial charge in [0.25, 0.3) is 0 Å². The van der Waals surface area contributed by atoms with E-state index in [-0.39, 0.29) is 0 Å². The Morgan fingerprint density at radius 3 is 2.89 bits per heavy atom. The Morgan fingerprint density at radius 2 is 2.17 bits per heavy atom. The minimum absolute atomic E-state index is 0.636. The molecule has 0 aliphatic heterocycles. The van der Waals surface area contributed by atoms with Crippen molar-refractivity contribution >= 4 is 23.2 Å². The number of hydrogen-bond donors (Lipinski definition) is 1. The quantitative estimate of drug-likeness (QED) is 0.593. The molecule has 0 unspecified atom stereocenters. The summed E-state index contributed by atoms with van der Waals surface area (Å²) in [6, 6.07) is 6.60. The summed E-state index contributed by atoms with van der Waals surface area (Å²) in [4.78, 5) is 0. The van der Waals surface area contributed by atoms with Crippen LogP contribution in [0, 0.1) is 0 Å². The van der Waals surface area contributed by atoms with Gasteiger partial charge < -0.3 is 5.32 Å². The Bertz CT molecular complexity index is 436. The molecule has 1 nitrogen and oxygen atoms in total. The first kappa shape index (κ1) is 13.9. The van der Waals surface area contributed by atoms with Crippen LogP contribution in [0.3, 0.4) is 0 Å². The fourth-order valence-corrected chi connectivity index (χ4v) is 2.34. The predicted octanol–water partition coefficient (Wildman–Crippen LogP) is 4.62. The topological polar surface area (TPSA) is 12.0 Å². The Kier molecular flexibility index (Phi) is 5.11. The SMILES string of the molecule is C/C(=C/CCNC1CC1)Cc1cccc(Cl)c1Cl. The van der Waals surface area contributed by atoms with Crippen LogP contribution in [0.15, 0.2) is 29.8 Å². The zero-order valence-corrected chi connectivity index (χ0v) is 12.2. The van der Waals surface area contributed by atoms with Gasteiger partial charge in [0.2, 0.25) is 0 Å². The first-order chi connectivity index (χ1) is 8.66. The van der Waals surface area contributed by atoms with Crippen molar-refractivity contribution in [3.8, 4) is 0 Å². The molecule has 0 saturated heterocycles. The molecular weight excluding hydrogens is 265 g/mol. The van der Waals surface area contributed by atoms with Crippen LogP contribution in [0.25, 0.3) is 0 Å². The van der Waals surface area contributed by atoms with E-state index in [2.05, 4.69) is 18.3 Å². The number of benzene rings is 1. The van der Waals surface area contributed by atoms with E-state index < -0.39 is 0 Å². The molecule has 1 saturated carbocycles. The maximum Gasteiger partial charge on any atom is 0.0627 e. The highest BCUT2D eigenvalue weighted by atomic mass is 35.5. The number of nitrogens with one attached hydrogen (secondary N) is 1. The second kappa shape index (κ2) is 6.60. The highest BCUT2D eigenvalue weighted by Gasteiger charge is 2.19. The molecule has 1 aromatic carbocycles. The van der Waals surface area contributed by atoms with E-state index in [1.807, 2.05) is 18.2 Å². The fourth-order valence-electron chi connectivity index (χ4n) is 1.95. The van der Waals surface area contributed by atoms with Crippen LogP contribution in [0.1, 0.15) is 31.7 Å². The van der Waals surface area contributed by atoms with E-state index in [9.17, 15) is 0 Å². The second-order valence-corrected chi connectivity index (χ2v) is 5.74. The number of allylic oxidation sites excluding steroid dienone is 1. The van der Waals surface area contributed by atoms with Gasteiger partial charge >= 0.3 is 0 Å². The van der Waals surface area contributed by atoms with Gasteiger partial charge in [0.05, 0.1) is 10.0 Å². The van der Waals surface area contributed by atoms with Gasteiger partial charge in [-0.2, -0.15) is 0 Å². The van der Waals surface area contributed by atoms with Crippen LogP contribution in [0.5, 0.6) is 0 Å². The Labute approximate surface area is 119 Å². The minimum atomic E-state index is 0.636. The summed E-state index contributed by atoms with van der Waals surface area (Å²) < 4.78 is 0. The van der Waals surface area contributed by atoms with E-state index in [0.717, 1.165) is 31.0 Å². The molecule has 3 heteroatoms. The van der Waals surface area contributed by atoms with Crippen LogP contribution >= 0.6 is 23.2 Å². The highest BCUT2D eigenvalue weighted by Crippen LogP contribution is 2.27. The smallest absolute Gasteiger partial charge is 0.0627 e. The van der Waals surface area contributed by atoms with E-state index in [1.165, 1.54) is 18.4 Å². The molecule has 98 valence electrons. The van der Waals surface area contributed by atoms with Gasteiger partial charge in [0.15, 0.2) is 0 Å². The zero-order valence-electron chi connectivity index (χ0n) is 10.7. The van der Waals surface area contributed by atoms with Crippen LogP contribution in [-0.2, 0) is 6.42 Å². The third kappa shape index (κ3) is 4.31. The Balaban J connectivity index is 1.83. The molecule has 1 fully saturated rings. The van der Waals surface area contributed by atoms with Gasteiger partial charge in [-0.25, -0.2) is 0 Å². The maximum absolute atomic E-state index is 6.18. The molecule has 0 heterocycles. The van der Waals surface area contributed by atoms with Gasteiger partial charge in [-0.15, -0.1) is 0 Å². The van der Waals surface area contributed by atoms with Crippen molar-refractivity contribution in [2.45, 2.75) is 38.6 Å². The lowest BCUT2D eigenvalue weighted by Gasteiger charge is -2.06. The predicted molar refractivity (Wildman–Crippen MR) is 79.6 cm³/mol. The van der Waals surface area contributed by atoms with Gasteiger partial charge in [-0.1, -0.05) is 47.0 Å². The Morgan fingerprint density at radius 1 is 1.39 bits per heavy atom. The fraction of sp³-hybridized carbons (Fsp3) is 0.467. The molecule has 0 bridgehead atoms. The lowest BCUT2D eigenvalue weighted by atomic mass is 10.1. The lowest BCUT2D eigenvalue weighted by Crippen LogP contribution is -2.16. The normalized spacial score (nSPS) is 16.1. The van der Waals surface area contributed by atoms with Crippen molar-refractivity contribution in [2.24, 2.45) is 0 Å². The van der Waals surface area contributed by atoms with Crippen LogP contribution in [0.4, 0.5) is 0 Å². The summed E-state index contributed by atoms with van der Waals surface area (Å²) in [6.07, 6.45) is 6.94. The van der Waals surface area contributed by atoms with Crippen molar-refractivity contribution in [1.82, 2.24) is 5.32 Å². The number of hydrogen-bond acceptors (Lipinski definition) is 1. The monoisotopic (exact) mass is 283 g/mol. The van der Waals surface area contributed by atoms with Crippen molar-refractivity contribution < 1.29 is 0 Å². The van der Waals surface area contributed by atoms with Crippen molar-refractivity contribution in [3.63, 3.8) is 0 Å². The third-order valence-corrected chi connectivity index (χ3v) is 4.01. The van der Waals surface area contributed by atoms with E-state index in [0.29, 0.717) is 10.0 Å². The van der Waals surface area contributed by atoms with E-state index in [1.54, 1.807) is 0 Å². The summed E-state index contributed by atoms with van der Waals surface area (Å²) in [5, 5.41) is 4.82. The number of rotatable bonds is 6. The van der Waals surface area contributed by atoms with Crippen LogP contribution < -0.4 is 5.32 Å². The lowest BCUT2D eigenvalue weighted by molar-refractivity contribution is 0.688. The van der Waals surface area contributed by atoms with Crippen LogP contribution in [0.2, 0.25) is 10.0 Å². The average molecular weight is 284 g/mol. The van der Waals surface area contributed by atoms with Crippen molar-refractivity contribution in [1.29, 1.82) is 0 Å². The third-order valence-electron chi connectivity index (χ3n) is 3.15. The number of halogens is 2. The summed E-state index contributed by atoms with van der Waals surface area (Å²) in [6.45, 7) is 3.22. The standard InChI is InChI=1S/C15H19Cl2N/c1-11(4-3-9-18-13-7-8-13)10-12-5-2-6-14(16)15(12)17/h2,4-6,13,18H,3,7-10H2,1H3/b11-4-. The van der Waals surface area contributed by atoms with E-state index >= 15 is 0 Å². The summed E-state index contributed by atoms with van der Waals surface area (Å²) in [7, 11) is 0. The molecule has 1 aliphatic rings. The Hall–Kier alpha value is -0.500.